The Morgan fingerprint density at radius 2 is 1.87 bits per heavy atom. The van der Waals surface area contributed by atoms with E-state index >= 15 is 0 Å². The second-order valence-corrected chi connectivity index (χ2v) is 4.26. The summed E-state index contributed by atoms with van der Waals surface area (Å²) in [6.07, 6.45) is -5.41. The van der Waals surface area contributed by atoms with E-state index in [2.05, 4.69) is 0 Å². The Hall–Kier alpha value is -0.530. The standard InChI is InChI=1S/C7H8F5NOS/c8-6(9,7(10,11)12)5(14)13-4-1-2-15-3-4/h4H,1-3H2,(H,13,14). The fraction of sp³-hybridized carbons (Fsp3) is 0.857. The van der Waals surface area contributed by atoms with Crippen molar-refractivity contribution in [2.75, 3.05) is 11.5 Å². The van der Waals surface area contributed by atoms with Crippen LogP contribution >= 0.6 is 11.8 Å². The summed E-state index contributed by atoms with van der Waals surface area (Å²) in [6, 6.07) is -0.587. The zero-order chi connectivity index (χ0) is 11.7. The van der Waals surface area contributed by atoms with Gasteiger partial charge in [0.05, 0.1) is 0 Å². The van der Waals surface area contributed by atoms with Gasteiger partial charge < -0.3 is 5.32 Å². The first-order valence-electron chi connectivity index (χ1n) is 4.08. The molecule has 0 aromatic rings. The molecule has 1 rings (SSSR count). The molecule has 1 aliphatic rings. The van der Waals surface area contributed by atoms with Gasteiger partial charge in [0.2, 0.25) is 0 Å². The summed E-state index contributed by atoms with van der Waals surface area (Å²) >= 11 is 1.40. The molecule has 0 saturated carbocycles. The average molecular weight is 249 g/mol. The van der Waals surface area contributed by atoms with Gasteiger partial charge in [-0.15, -0.1) is 0 Å². The third kappa shape index (κ3) is 2.73. The molecule has 15 heavy (non-hydrogen) atoms. The smallest absolute Gasteiger partial charge is 0.347 e. The molecule has 1 amide bonds. The van der Waals surface area contributed by atoms with Crippen molar-refractivity contribution in [1.29, 1.82) is 0 Å². The SMILES string of the molecule is O=C(NC1CCSC1)C(F)(F)C(F)(F)F. The largest absolute Gasteiger partial charge is 0.463 e. The topological polar surface area (TPSA) is 29.1 Å². The molecule has 0 aliphatic carbocycles. The number of rotatable bonds is 2. The van der Waals surface area contributed by atoms with E-state index in [0.29, 0.717) is 17.9 Å². The number of amides is 1. The zero-order valence-electron chi connectivity index (χ0n) is 7.40. The number of thioether (sulfide) groups is 1. The maximum atomic E-state index is 12.4. The van der Waals surface area contributed by atoms with Crippen molar-refractivity contribution < 1.29 is 26.7 Å². The molecule has 88 valence electrons. The molecule has 0 radical (unpaired) electrons. The van der Waals surface area contributed by atoms with E-state index in [1.807, 2.05) is 0 Å². The number of alkyl halides is 5. The molecule has 0 aromatic carbocycles. The number of hydrogen-bond donors (Lipinski definition) is 1. The van der Waals surface area contributed by atoms with E-state index in [4.69, 9.17) is 0 Å². The number of carbonyl (C=O) groups excluding carboxylic acids is 1. The summed E-state index contributed by atoms with van der Waals surface area (Å²) in [7, 11) is 0. The number of hydrogen-bond acceptors (Lipinski definition) is 2. The van der Waals surface area contributed by atoms with Crippen LogP contribution in [0.2, 0.25) is 0 Å². The van der Waals surface area contributed by atoms with Gasteiger partial charge >= 0.3 is 18.0 Å². The van der Waals surface area contributed by atoms with Crippen LogP contribution in [0.1, 0.15) is 6.42 Å². The normalized spacial score (nSPS) is 22.9. The lowest BCUT2D eigenvalue weighted by molar-refractivity contribution is -0.270. The van der Waals surface area contributed by atoms with Crippen molar-refractivity contribution in [1.82, 2.24) is 5.32 Å². The van der Waals surface area contributed by atoms with Crippen LogP contribution in [0.25, 0.3) is 0 Å². The van der Waals surface area contributed by atoms with E-state index in [-0.39, 0.29) is 0 Å². The van der Waals surface area contributed by atoms with Gasteiger partial charge in [0, 0.05) is 11.8 Å². The molecule has 1 atom stereocenters. The van der Waals surface area contributed by atoms with Gasteiger partial charge in [-0.3, -0.25) is 4.79 Å². The van der Waals surface area contributed by atoms with Crippen molar-refractivity contribution in [2.45, 2.75) is 24.6 Å². The third-order valence-corrected chi connectivity index (χ3v) is 3.07. The molecule has 1 fully saturated rings. The monoisotopic (exact) mass is 249 g/mol. The maximum Gasteiger partial charge on any atom is 0.463 e. The van der Waals surface area contributed by atoms with Crippen LogP contribution in [0.5, 0.6) is 0 Å². The van der Waals surface area contributed by atoms with Gasteiger partial charge in [-0.2, -0.15) is 33.7 Å². The second-order valence-electron chi connectivity index (χ2n) is 3.11. The molecule has 1 unspecified atom stereocenters. The zero-order valence-corrected chi connectivity index (χ0v) is 8.22. The minimum Gasteiger partial charge on any atom is -0.347 e. The number of nitrogens with one attached hydrogen (secondary N) is 1. The highest BCUT2D eigenvalue weighted by atomic mass is 32.2. The van der Waals surface area contributed by atoms with Gasteiger partial charge in [-0.05, 0) is 12.2 Å². The fourth-order valence-electron chi connectivity index (χ4n) is 1.05. The van der Waals surface area contributed by atoms with Crippen LogP contribution in [0, 0.1) is 0 Å². The van der Waals surface area contributed by atoms with Gasteiger partial charge in [0.1, 0.15) is 0 Å². The maximum absolute atomic E-state index is 12.4. The Morgan fingerprint density at radius 1 is 1.27 bits per heavy atom. The molecule has 0 spiro atoms. The van der Waals surface area contributed by atoms with Crippen molar-refractivity contribution in [2.24, 2.45) is 0 Å². The first kappa shape index (κ1) is 12.5. The Labute approximate surface area is 86.6 Å². The Kier molecular flexibility index (Phi) is 3.47. The molecular formula is C7H8F5NOS. The van der Waals surface area contributed by atoms with Crippen LogP contribution in [0.4, 0.5) is 22.0 Å². The predicted octanol–water partition coefficient (Wildman–Crippen LogP) is 1.81. The Morgan fingerprint density at radius 3 is 2.27 bits per heavy atom. The minimum atomic E-state index is -5.83. The minimum absolute atomic E-state index is 0.375. The van der Waals surface area contributed by atoms with Crippen molar-refractivity contribution in [3.05, 3.63) is 0 Å². The molecular weight excluding hydrogens is 241 g/mol. The van der Waals surface area contributed by atoms with Crippen LogP contribution in [-0.4, -0.2) is 35.6 Å². The summed E-state index contributed by atoms with van der Waals surface area (Å²) in [6.45, 7) is 0. The summed E-state index contributed by atoms with van der Waals surface area (Å²) in [5.74, 6) is -6.54. The van der Waals surface area contributed by atoms with Crippen LogP contribution < -0.4 is 5.32 Å². The first-order valence-corrected chi connectivity index (χ1v) is 5.24. The van der Waals surface area contributed by atoms with Crippen LogP contribution in [0.15, 0.2) is 0 Å². The molecule has 1 aliphatic heterocycles. The summed E-state index contributed by atoms with van der Waals surface area (Å²) in [5.41, 5.74) is 0. The third-order valence-electron chi connectivity index (χ3n) is 1.91. The van der Waals surface area contributed by atoms with Gasteiger partial charge in [0.15, 0.2) is 0 Å². The van der Waals surface area contributed by atoms with E-state index in [1.54, 1.807) is 5.32 Å². The van der Waals surface area contributed by atoms with E-state index in [0.717, 1.165) is 0 Å². The molecule has 1 N–H and O–H groups in total. The highest BCUT2D eigenvalue weighted by Gasteiger charge is 2.63. The Bertz CT molecular complexity index is 248. The molecule has 0 bridgehead atoms. The quantitative estimate of drug-likeness (QED) is 0.756. The number of carbonyl (C=O) groups is 1. The van der Waals surface area contributed by atoms with E-state index in [1.165, 1.54) is 11.8 Å². The van der Waals surface area contributed by atoms with Gasteiger partial charge in [-0.25, -0.2) is 0 Å². The molecule has 8 heteroatoms. The van der Waals surface area contributed by atoms with Crippen molar-refractivity contribution >= 4 is 17.7 Å². The molecule has 1 saturated heterocycles. The second kappa shape index (κ2) is 4.15. The van der Waals surface area contributed by atoms with E-state index in [9.17, 15) is 26.7 Å². The lowest BCUT2D eigenvalue weighted by Crippen LogP contribution is -2.53. The number of halogens is 5. The summed E-state index contributed by atoms with van der Waals surface area (Å²) in [5, 5.41) is 1.70. The van der Waals surface area contributed by atoms with Gasteiger partial charge in [0.25, 0.3) is 0 Å². The predicted molar refractivity (Wildman–Crippen MR) is 44.9 cm³/mol. The highest BCUT2D eigenvalue weighted by Crippen LogP contribution is 2.35. The lowest BCUT2D eigenvalue weighted by Gasteiger charge is -2.20. The lowest BCUT2D eigenvalue weighted by atomic mass is 10.2. The first-order chi connectivity index (χ1) is 6.75. The summed E-state index contributed by atoms with van der Waals surface area (Å²) in [4.78, 5) is 10.7. The fourth-order valence-corrected chi connectivity index (χ4v) is 2.21. The Balaban J connectivity index is 2.59. The van der Waals surface area contributed by atoms with Crippen molar-refractivity contribution in [3.8, 4) is 0 Å². The van der Waals surface area contributed by atoms with Crippen molar-refractivity contribution in [3.63, 3.8) is 0 Å². The highest BCUT2D eigenvalue weighted by molar-refractivity contribution is 7.99. The average Bonchev–Trinajstić information content (AvgIpc) is 2.54. The van der Waals surface area contributed by atoms with E-state index < -0.39 is 24.0 Å². The molecule has 2 nitrogen and oxygen atoms in total. The van der Waals surface area contributed by atoms with Crippen LogP contribution in [0.3, 0.4) is 0 Å². The molecule has 1 heterocycles. The molecule has 0 aromatic heterocycles. The van der Waals surface area contributed by atoms with Crippen LogP contribution in [-0.2, 0) is 4.79 Å². The summed E-state index contributed by atoms with van der Waals surface area (Å²) < 4.78 is 60.1. The van der Waals surface area contributed by atoms with Gasteiger partial charge in [-0.1, -0.05) is 0 Å².